The summed E-state index contributed by atoms with van der Waals surface area (Å²) >= 11 is 6.76. The van der Waals surface area contributed by atoms with Gasteiger partial charge in [-0.1, -0.05) is 47.3 Å². The lowest BCUT2D eigenvalue weighted by Gasteiger charge is -2.13. The summed E-state index contributed by atoms with van der Waals surface area (Å²) in [6, 6.07) is 13.4. The predicted octanol–water partition coefficient (Wildman–Crippen LogP) is 4.80. The Labute approximate surface area is 166 Å². The molecule has 1 amide bonds. The third-order valence-corrected chi connectivity index (χ3v) is 5.71. The molecule has 27 heavy (non-hydrogen) atoms. The fraction of sp³-hybridized carbons (Fsp3) is 0.150. The minimum atomic E-state index is -0.0988. The summed E-state index contributed by atoms with van der Waals surface area (Å²) in [5.41, 5.74) is 3.75. The van der Waals surface area contributed by atoms with Crippen LogP contribution in [0.25, 0.3) is 11.9 Å². The number of aryl methyl sites for hydroxylation is 2. The van der Waals surface area contributed by atoms with Gasteiger partial charge in [-0.05, 0) is 50.6 Å². The van der Waals surface area contributed by atoms with Gasteiger partial charge in [-0.2, -0.15) is 0 Å². The van der Waals surface area contributed by atoms with Gasteiger partial charge in [0.2, 0.25) is 0 Å². The third kappa shape index (κ3) is 3.13. The van der Waals surface area contributed by atoms with E-state index in [2.05, 4.69) is 5.16 Å². The average Bonchev–Trinajstić information content (AvgIpc) is 3.26. The Hall–Kier alpha value is -2.64. The number of carbonyl (C=O) groups is 1. The van der Waals surface area contributed by atoms with Gasteiger partial charge in [-0.3, -0.25) is 14.3 Å². The Balaban J connectivity index is 1.71. The molecule has 0 N–H and O–H groups in total. The van der Waals surface area contributed by atoms with Crippen LogP contribution in [0.1, 0.15) is 22.7 Å². The van der Waals surface area contributed by atoms with Gasteiger partial charge in [0.1, 0.15) is 5.76 Å². The topological polar surface area (TPSA) is 51.3 Å². The SMILES string of the molecule is Cc1cc(-n2c(C)cc(/C=C3\SC(=S)N(c4ccccc4)C3=O)c2C)no1. The first kappa shape index (κ1) is 17.8. The van der Waals surface area contributed by atoms with Crippen molar-refractivity contribution < 1.29 is 9.32 Å². The number of hydrogen-bond acceptors (Lipinski definition) is 5. The quantitative estimate of drug-likeness (QED) is 0.471. The van der Waals surface area contributed by atoms with Crippen LogP contribution in [-0.2, 0) is 4.79 Å². The van der Waals surface area contributed by atoms with Gasteiger partial charge in [0.25, 0.3) is 5.91 Å². The molecule has 0 radical (unpaired) electrons. The fourth-order valence-corrected chi connectivity index (χ4v) is 4.44. The minimum absolute atomic E-state index is 0.0988. The first-order valence-corrected chi connectivity index (χ1v) is 9.64. The van der Waals surface area contributed by atoms with Gasteiger partial charge in [0, 0.05) is 17.5 Å². The molecule has 1 aliphatic heterocycles. The van der Waals surface area contributed by atoms with E-state index in [1.54, 1.807) is 4.90 Å². The van der Waals surface area contributed by atoms with Crippen molar-refractivity contribution in [3.05, 3.63) is 70.1 Å². The highest BCUT2D eigenvalue weighted by molar-refractivity contribution is 8.27. The van der Waals surface area contributed by atoms with Crippen LogP contribution in [0, 0.1) is 20.8 Å². The highest BCUT2D eigenvalue weighted by Crippen LogP contribution is 2.36. The monoisotopic (exact) mass is 395 g/mol. The Morgan fingerprint density at radius 1 is 1.15 bits per heavy atom. The van der Waals surface area contributed by atoms with Crippen LogP contribution in [-0.4, -0.2) is 20.0 Å². The molecule has 4 rings (SSSR count). The van der Waals surface area contributed by atoms with E-state index in [1.807, 2.05) is 73.9 Å². The van der Waals surface area contributed by atoms with E-state index in [1.165, 1.54) is 11.8 Å². The number of amides is 1. The number of hydrogen-bond donors (Lipinski definition) is 0. The lowest BCUT2D eigenvalue weighted by Crippen LogP contribution is -2.27. The summed E-state index contributed by atoms with van der Waals surface area (Å²) < 4.78 is 7.75. The highest BCUT2D eigenvalue weighted by atomic mass is 32.2. The van der Waals surface area contributed by atoms with Crippen LogP contribution in [0.3, 0.4) is 0 Å². The Morgan fingerprint density at radius 2 is 1.89 bits per heavy atom. The standard InChI is InChI=1S/C20H17N3O2S2/c1-12-9-15(14(3)22(12)18-10-13(2)25-21-18)11-17-19(24)23(20(26)27-17)16-7-5-4-6-8-16/h4-11H,1-3H3/b17-11-. The number of thioether (sulfide) groups is 1. The molecule has 2 aromatic heterocycles. The molecular weight excluding hydrogens is 378 g/mol. The number of nitrogens with zero attached hydrogens (tertiary/aromatic N) is 3. The van der Waals surface area contributed by atoms with Crippen LogP contribution < -0.4 is 4.90 Å². The van der Waals surface area contributed by atoms with Gasteiger partial charge in [-0.25, -0.2) is 0 Å². The van der Waals surface area contributed by atoms with Gasteiger partial charge < -0.3 is 4.52 Å². The fourth-order valence-electron chi connectivity index (χ4n) is 3.15. The van der Waals surface area contributed by atoms with E-state index in [0.29, 0.717) is 9.23 Å². The molecule has 0 saturated carbocycles. The van der Waals surface area contributed by atoms with E-state index in [0.717, 1.165) is 34.2 Å². The van der Waals surface area contributed by atoms with Crippen molar-refractivity contribution in [3.8, 4) is 5.82 Å². The molecule has 0 aliphatic carbocycles. The largest absolute Gasteiger partial charge is 0.360 e. The van der Waals surface area contributed by atoms with Crippen molar-refractivity contribution in [1.82, 2.24) is 9.72 Å². The van der Waals surface area contributed by atoms with Gasteiger partial charge in [0.15, 0.2) is 10.1 Å². The molecule has 1 saturated heterocycles. The molecular formula is C20H17N3O2S2. The highest BCUT2D eigenvalue weighted by Gasteiger charge is 2.33. The first-order valence-electron chi connectivity index (χ1n) is 8.41. The lowest BCUT2D eigenvalue weighted by atomic mass is 10.2. The van der Waals surface area contributed by atoms with Gasteiger partial charge in [0.05, 0.1) is 10.6 Å². The number of rotatable bonds is 3. The van der Waals surface area contributed by atoms with Crippen LogP contribution in [0.4, 0.5) is 5.69 Å². The molecule has 3 aromatic rings. The van der Waals surface area contributed by atoms with Crippen LogP contribution >= 0.6 is 24.0 Å². The van der Waals surface area contributed by atoms with E-state index >= 15 is 0 Å². The normalized spacial score (nSPS) is 16.0. The molecule has 1 aromatic carbocycles. The van der Waals surface area contributed by atoms with Crippen LogP contribution in [0.2, 0.25) is 0 Å². The van der Waals surface area contributed by atoms with Crippen molar-refractivity contribution in [2.75, 3.05) is 4.90 Å². The number of anilines is 1. The van der Waals surface area contributed by atoms with Crippen molar-refractivity contribution in [1.29, 1.82) is 0 Å². The summed E-state index contributed by atoms with van der Waals surface area (Å²) in [5, 5.41) is 4.10. The van der Waals surface area contributed by atoms with Gasteiger partial charge >= 0.3 is 0 Å². The maximum Gasteiger partial charge on any atom is 0.270 e. The van der Waals surface area contributed by atoms with E-state index in [9.17, 15) is 4.79 Å². The molecule has 3 heterocycles. The van der Waals surface area contributed by atoms with E-state index in [-0.39, 0.29) is 5.91 Å². The third-order valence-electron chi connectivity index (χ3n) is 4.41. The zero-order valence-corrected chi connectivity index (χ0v) is 16.7. The Bertz CT molecular complexity index is 1080. The number of para-hydroxylation sites is 1. The molecule has 0 unspecified atom stereocenters. The molecule has 0 spiro atoms. The van der Waals surface area contributed by atoms with E-state index in [4.69, 9.17) is 16.7 Å². The lowest BCUT2D eigenvalue weighted by molar-refractivity contribution is -0.113. The number of thiocarbonyl (C=S) groups is 1. The minimum Gasteiger partial charge on any atom is -0.360 e. The number of aromatic nitrogens is 2. The maximum absolute atomic E-state index is 12.9. The molecule has 1 fully saturated rings. The molecule has 136 valence electrons. The molecule has 7 heteroatoms. The smallest absolute Gasteiger partial charge is 0.270 e. The van der Waals surface area contributed by atoms with Gasteiger partial charge in [-0.15, -0.1) is 0 Å². The first-order chi connectivity index (χ1) is 13.0. The zero-order chi connectivity index (χ0) is 19.1. The molecule has 0 atom stereocenters. The van der Waals surface area contributed by atoms with Crippen molar-refractivity contribution >= 4 is 46.0 Å². The second-order valence-electron chi connectivity index (χ2n) is 6.31. The van der Waals surface area contributed by atoms with Crippen molar-refractivity contribution in [2.45, 2.75) is 20.8 Å². The summed E-state index contributed by atoms with van der Waals surface area (Å²) in [7, 11) is 0. The zero-order valence-electron chi connectivity index (χ0n) is 15.1. The second kappa shape index (κ2) is 6.83. The number of benzene rings is 1. The summed E-state index contributed by atoms with van der Waals surface area (Å²) in [5.74, 6) is 1.39. The second-order valence-corrected chi connectivity index (χ2v) is 7.99. The average molecular weight is 396 g/mol. The summed E-state index contributed by atoms with van der Waals surface area (Å²) in [6.45, 7) is 5.87. The van der Waals surface area contributed by atoms with Crippen molar-refractivity contribution in [3.63, 3.8) is 0 Å². The van der Waals surface area contributed by atoms with E-state index < -0.39 is 0 Å². The number of carbonyl (C=O) groups excluding carboxylic acids is 1. The molecule has 1 aliphatic rings. The predicted molar refractivity (Wildman–Crippen MR) is 112 cm³/mol. The molecule has 5 nitrogen and oxygen atoms in total. The van der Waals surface area contributed by atoms with Crippen LogP contribution in [0.15, 0.2) is 51.9 Å². The summed E-state index contributed by atoms with van der Waals surface area (Å²) in [4.78, 5) is 15.1. The Kier molecular flexibility index (Phi) is 4.49. The summed E-state index contributed by atoms with van der Waals surface area (Å²) in [6.07, 6.45) is 1.90. The Morgan fingerprint density at radius 3 is 2.56 bits per heavy atom. The molecule has 0 bridgehead atoms. The maximum atomic E-state index is 12.9. The van der Waals surface area contributed by atoms with Crippen LogP contribution in [0.5, 0.6) is 0 Å². The van der Waals surface area contributed by atoms with Crippen molar-refractivity contribution in [2.24, 2.45) is 0 Å².